The minimum atomic E-state index is -0.129. The SMILES string of the molecule is CC(=O)Nc1ccc(C(=O)NCCSc2ccc(C)cc2)cc1. The van der Waals surface area contributed by atoms with Crippen molar-refractivity contribution < 1.29 is 9.59 Å². The molecule has 120 valence electrons. The van der Waals surface area contributed by atoms with Crippen LogP contribution in [0.4, 0.5) is 5.69 Å². The quantitative estimate of drug-likeness (QED) is 0.630. The van der Waals surface area contributed by atoms with Crippen LogP contribution in [0.2, 0.25) is 0 Å². The lowest BCUT2D eigenvalue weighted by atomic mass is 10.2. The van der Waals surface area contributed by atoms with Crippen molar-refractivity contribution in [3.8, 4) is 0 Å². The van der Waals surface area contributed by atoms with Crippen LogP contribution in [0.5, 0.6) is 0 Å². The number of thioether (sulfide) groups is 1. The van der Waals surface area contributed by atoms with E-state index in [0.29, 0.717) is 17.8 Å². The molecule has 0 saturated carbocycles. The van der Waals surface area contributed by atoms with E-state index in [4.69, 9.17) is 0 Å². The Kier molecular flexibility index (Phi) is 6.23. The summed E-state index contributed by atoms with van der Waals surface area (Å²) in [6, 6.07) is 15.2. The largest absolute Gasteiger partial charge is 0.351 e. The molecular formula is C18H20N2O2S. The number of aryl methyl sites for hydroxylation is 1. The molecule has 0 bridgehead atoms. The van der Waals surface area contributed by atoms with Crippen molar-refractivity contribution in [2.24, 2.45) is 0 Å². The Bertz CT molecular complexity index is 666. The van der Waals surface area contributed by atoms with Crippen molar-refractivity contribution in [2.75, 3.05) is 17.6 Å². The molecule has 2 N–H and O–H groups in total. The molecule has 2 rings (SSSR count). The van der Waals surface area contributed by atoms with E-state index in [1.807, 2.05) is 0 Å². The molecule has 4 nitrogen and oxygen atoms in total. The summed E-state index contributed by atoms with van der Waals surface area (Å²) in [5.41, 5.74) is 2.51. The molecule has 23 heavy (non-hydrogen) atoms. The van der Waals surface area contributed by atoms with Crippen molar-refractivity contribution in [3.63, 3.8) is 0 Å². The number of carbonyl (C=O) groups is 2. The summed E-state index contributed by atoms with van der Waals surface area (Å²) in [5, 5.41) is 5.57. The lowest BCUT2D eigenvalue weighted by molar-refractivity contribution is -0.114. The lowest BCUT2D eigenvalue weighted by Crippen LogP contribution is -2.25. The normalized spacial score (nSPS) is 10.2. The predicted molar refractivity (Wildman–Crippen MR) is 95.0 cm³/mol. The van der Waals surface area contributed by atoms with Crippen LogP contribution in [0.25, 0.3) is 0 Å². The number of carbonyl (C=O) groups excluding carboxylic acids is 2. The zero-order chi connectivity index (χ0) is 16.7. The summed E-state index contributed by atoms with van der Waals surface area (Å²) in [7, 11) is 0. The first kappa shape index (κ1) is 17.1. The molecule has 2 amide bonds. The highest BCUT2D eigenvalue weighted by Crippen LogP contribution is 2.17. The van der Waals surface area contributed by atoms with Crippen LogP contribution in [-0.4, -0.2) is 24.1 Å². The van der Waals surface area contributed by atoms with E-state index in [2.05, 4.69) is 41.8 Å². The molecule has 0 fully saturated rings. The third-order valence-corrected chi connectivity index (χ3v) is 4.16. The van der Waals surface area contributed by atoms with Crippen LogP contribution in [0, 0.1) is 6.92 Å². The highest BCUT2D eigenvalue weighted by molar-refractivity contribution is 7.99. The summed E-state index contributed by atoms with van der Waals surface area (Å²) >= 11 is 1.71. The Labute approximate surface area is 140 Å². The fourth-order valence-corrected chi connectivity index (χ4v) is 2.75. The topological polar surface area (TPSA) is 58.2 Å². The molecule has 0 spiro atoms. The molecule has 0 aliphatic heterocycles. The number of hydrogen-bond donors (Lipinski definition) is 2. The van der Waals surface area contributed by atoms with Gasteiger partial charge in [0.2, 0.25) is 5.91 Å². The van der Waals surface area contributed by atoms with Gasteiger partial charge in [-0.2, -0.15) is 0 Å². The Morgan fingerprint density at radius 2 is 1.65 bits per heavy atom. The lowest BCUT2D eigenvalue weighted by Gasteiger charge is -2.07. The maximum Gasteiger partial charge on any atom is 0.251 e. The predicted octanol–water partition coefficient (Wildman–Crippen LogP) is 3.48. The van der Waals surface area contributed by atoms with E-state index in [1.54, 1.807) is 36.0 Å². The number of benzene rings is 2. The van der Waals surface area contributed by atoms with Gasteiger partial charge in [0.1, 0.15) is 0 Å². The number of hydrogen-bond acceptors (Lipinski definition) is 3. The highest BCUT2D eigenvalue weighted by atomic mass is 32.2. The molecule has 2 aromatic carbocycles. The second kappa shape index (κ2) is 8.39. The van der Waals surface area contributed by atoms with Gasteiger partial charge in [-0.1, -0.05) is 17.7 Å². The Balaban J connectivity index is 1.76. The molecule has 5 heteroatoms. The number of nitrogens with one attached hydrogen (secondary N) is 2. The molecule has 2 aromatic rings. The van der Waals surface area contributed by atoms with Crippen LogP contribution >= 0.6 is 11.8 Å². The van der Waals surface area contributed by atoms with Crippen LogP contribution < -0.4 is 10.6 Å². The Morgan fingerprint density at radius 1 is 1.00 bits per heavy atom. The number of anilines is 1. The molecule has 0 heterocycles. The molecule has 0 aromatic heterocycles. The molecule has 0 saturated heterocycles. The third-order valence-electron chi connectivity index (χ3n) is 3.14. The summed E-state index contributed by atoms with van der Waals surface area (Å²) < 4.78 is 0. The molecule has 0 aliphatic carbocycles. The van der Waals surface area contributed by atoms with Gasteiger partial charge in [0.05, 0.1) is 0 Å². The first-order valence-corrected chi connectivity index (χ1v) is 8.38. The fourth-order valence-electron chi connectivity index (χ4n) is 1.98. The van der Waals surface area contributed by atoms with Crippen molar-refractivity contribution in [1.82, 2.24) is 5.32 Å². The Morgan fingerprint density at radius 3 is 2.26 bits per heavy atom. The maximum absolute atomic E-state index is 12.0. The highest BCUT2D eigenvalue weighted by Gasteiger charge is 2.05. The van der Waals surface area contributed by atoms with Gasteiger partial charge in [-0.05, 0) is 43.3 Å². The van der Waals surface area contributed by atoms with Crippen LogP contribution in [0.3, 0.4) is 0 Å². The van der Waals surface area contributed by atoms with Gasteiger partial charge in [0, 0.05) is 35.4 Å². The van der Waals surface area contributed by atoms with E-state index in [-0.39, 0.29) is 11.8 Å². The number of rotatable bonds is 6. The zero-order valence-corrected chi connectivity index (χ0v) is 14.1. The first-order valence-electron chi connectivity index (χ1n) is 7.40. The van der Waals surface area contributed by atoms with Gasteiger partial charge in [-0.3, -0.25) is 9.59 Å². The van der Waals surface area contributed by atoms with Crippen LogP contribution in [-0.2, 0) is 4.79 Å². The minimum absolute atomic E-state index is 0.108. The second-order valence-corrected chi connectivity index (χ2v) is 6.34. The third kappa shape index (κ3) is 5.79. The summed E-state index contributed by atoms with van der Waals surface area (Å²) in [6.07, 6.45) is 0. The molecule has 0 atom stereocenters. The Hall–Kier alpha value is -2.27. The van der Waals surface area contributed by atoms with Crippen molar-refractivity contribution in [3.05, 3.63) is 59.7 Å². The van der Waals surface area contributed by atoms with E-state index in [0.717, 1.165) is 5.75 Å². The fraction of sp³-hybridized carbons (Fsp3) is 0.222. The smallest absolute Gasteiger partial charge is 0.251 e. The van der Waals surface area contributed by atoms with E-state index < -0.39 is 0 Å². The summed E-state index contributed by atoms with van der Waals surface area (Å²) in [4.78, 5) is 24.2. The summed E-state index contributed by atoms with van der Waals surface area (Å²) in [5.74, 6) is 0.581. The monoisotopic (exact) mass is 328 g/mol. The van der Waals surface area contributed by atoms with Gasteiger partial charge in [0.15, 0.2) is 0 Å². The van der Waals surface area contributed by atoms with E-state index >= 15 is 0 Å². The molecular weight excluding hydrogens is 308 g/mol. The first-order chi connectivity index (χ1) is 11.0. The zero-order valence-electron chi connectivity index (χ0n) is 13.3. The van der Waals surface area contributed by atoms with E-state index in [9.17, 15) is 9.59 Å². The van der Waals surface area contributed by atoms with Gasteiger partial charge in [-0.25, -0.2) is 0 Å². The van der Waals surface area contributed by atoms with E-state index in [1.165, 1.54) is 17.4 Å². The van der Waals surface area contributed by atoms with Crippen molar-refractivity contribution in [2.45, 2.75) is 18.7 Å². The van der Waals surface area contributed by atoms with Gasteiger partial charge in [0.25, 0.3) is 5.91 Å². The standard InChI is InChI=1S/C18H20N2O2S/c1-13-3-9-17(10-4-13)23-12-11-19-18(22)15-5-7-16(8-6-15)20-14(2)21/h3-10H,11-12H2,1-2H3,(H,19,22)(H,20,21). The van der Waals surface area contributed by atoms with Crippen molar-refractivity contribution >= 4 is 29.3 Å². The molecule has 0 radical (unpaired) electrons. The van der Waals surface area contributed by atoms with Crippen LogP contribution in [0.15, 0.2) is 53.4 Å². The van der Waals surface area contributed by atoms with Gasteiger partial charge in [-0.15, -0.1) is 11.8 Å². The van der Waals surface area contributed by atoms with Gasteiger partial charge >= 0.3 is 0 Å². The second-order valence-electron chi connectivity index (χ2n) is 5.18. The van der Waals surface area contributed by atoms with Gasteiger partial charge < -0.3 is 10.6 Å². The minimum Gasteiger partial charge on any atom is -0.351 e. The average molecular weight is 328 g/mol. The van der Waals surface area contributed by atoms with Crippen LogP contribution in [0.1, 0.15) is 22.8 Å². The molecule has 0 unspecified atom stereocenters. The number of amides is 2. The molecule has 0 aliphatic rings. The average Bonchev–Trinajstić information content (AvgIpc) is 2.53. The maximum atomic E-state index is 12.0. The van der Waals surface area contributed by atoms with Crippen molar-refractivity contribution in [1.29, 1.82) is 0 Å². The summed E-state index contributed by atoms with van der Waals surface area (Å²) in [6.45, 7) is 4.11.